The van der Waals surface area contributed by atoms with E-state index in [4.69, 9.17) is 7.85 Å². The highest BCUT2D eigenvalue weighted by Crippen LogP contribution is 2.15. The molecule has 0 fully saturated rings. The molecule has 0 aliphatic rings. The molecule has 0 atom stereocenters. The first-order valence-electron chi connectivity index (χ1n) is 4.37. The summed E-state index contributed by atoms with van der Waals surface area (Å²) in [6.45, 7) is 5.73. The Kier molecular flexibility index (Phi) is 3.57. The van der Waals surface area contributed by atoms with Crippen LogP contribution in [-0.4, -0.2) is 7.85 Å². The molecule has 64 valence electrons. The lowest BCUT2D eigenvalue weighted by atomic mass is 9.90. The minimum Gasteiger partial charge on any atom is -0.0991 e. The zero-order valence-corrected chi connectivity index (χ0v) is 7.96. The van der Waals surface area contributed by atoms with Crippen LogP contribution in [0.4, 0.5) is 0 Å². The van der Waals surface area contributed by atoms with Gasteiger partial charge in [0.1, 0.15) is 0 Å². The van der Waals surface area contributed by atoms with E-state index in [-0.39, 0.29) is 0 Å². The van der Waals surface area contributed by atoms with Crippen molar-refractivity contribution in [3.8, 4) is 0 Å². The van der Waals surface area contributed by atoms with Crippen molar-refractivity contribution >= 4 is 13.9 Å². The second-order valence-corrected chi connectivity index (χ2v) is 2.95. The maximum atomic E-state index is 5.63. The van der Waals surface area contributed by atoms with Crippen LogP contribution in [0, 0.1) is 6.92 Å². The molecule has 0 unspecified atom stereocenters. The highest BCUT2D eigenvalue weighted by atomic mass is 14.0. The van der Waals surface area contributed by atoms with Crippen LogP contribution in [0.1, 0.15) is 16.7 Å². The SMILES string of the molecule is [B]Cc1cccc(C)c1/C=C\C=C. The molecule has 13 heavy (non-hydrogen) atoms. The zero-order valence-electron chi connectivity index (χ0n) is 7.96. The Morgan fingerprint density at radius 1 is 1.46 bits per heavy atom. The van der Waals surface area contributed by atoms with E-state index in [2.05, 4.69) is 25.6 Å². The van der Waals surface area contributed by atoms with Gasteiger partial charge in [0, 0.05) is 0 Å². The zero-order chi connectivity index (χ0) is 9.68. The van der Waals surface area contributed by atoms with Crippen molar-refractivity contribution in [3.05, 3.63) is 53.6 Å². The van der Waals surface area contributed by atoms with E-state index in [9.17, 15) is 0 Å². The molecule has 0 saturated heterocycles. The van der Waals surface area contributed by atoms with Crippen molar-refractivity contribution in [1.82, 2.24) is 0 Å². The third kappa shape index (κ3) is 2.35. The van der Waals surface area contributed by atoms with Gasteiger partial charge in [-0.2, -0.15) is 0 Å². The maximum absolute atomic E-state index is 5.63. The Hall–Kier alpha value is -1.24. The van der Waals surface area contributed by atoms with Crippen LogP contribution in [0.3, 0.4) is 0 Å². The number of hydrogen-bond donors (Lipinski definition) is 0. The summed E-state index contributed by atoms with van der Waals surface area (Å²) in [6.07, 6.45) is 6.33. The Morgan fingerprint density at radius 3 is 2.85 bits per heavy atom. The molecule has 0 bridgehead atoms. The van der Waals surface area contributed by atoms with Gasteiger partial charge in [-0.25, -0.2) is 0 Å². The Balaban J connectivity index is 3.14. The van der Waals surface area contributed by atoms with E-state index >= 15 is 0 Å². The fourth-order valence-corrected chi connectivity index (χ4v) is 1.32. The van der Waals surface area contributed by atoms with Crippen molar-refractivity contribution in [1.29, 1.82) is 0 Å². The predicted octanol–water partition coefficient (Wildman–Crippen LogP) is 2.86. The van der Waals surface area contributed by atoms with Gasteiger partial charge >= 0.3 is 0 Å². The summed E-state index contributed by atoms with van der Waals surface area (Å²) in [5.74, 6) is 0. The van der Waals surface area contributed by atoms with Crippen molar-refractivity contribution in [2.45, 2.75) is 13.2 Å². The Morgan fingerprint density at radius 2 is 2.23 bits per heavy atom. The quantitative estimate of drug-likeness (QED) is 0.480. The van der Waals surface area contributed by atoms with Gasteiger partial charge in [-0.05, 0) is 23.6 Å². The molecule has 0 amide bonds. The lowest BCUT2D eigenvalue weighted by Gasteiger charge is -2.06. The van der Waals surface area contributed by atoms with Crippen LogP contribution in [-0.2, 0) is 6.32 Å². The number of hydrogen-bond acceptors (Lipinski definition) is 0. The first kappa shape index (κ1) is 9.85. The molecular formula is C12H13B. The monoisotopic (exact) mass is 168 g/mol. The van der Waals surface area contributed by atoms with Crippen molar-refractivity contribution in [3.63, 3.8) is 0 Å². The molecular weight excluding hydrogens is 155 g/mol. The van der Waals surface area contributed by atoms with Crippen LogP contribution in [0.25, 0.3) is 6.08 Å². The normalized spacial score (nSPS) is 10.5. The van der Waals surface area contributed by atoms with E-state index in [0.29, 0.717) is 6.32 Å². The number of benzene rings is 1. The Labute approximate surface area is 81.4 Å². The smallest absolute Gasteiger partial charge is 0.0716 e. The van der Waals surface area contributed by atoms with Gasteiger partial charge in [0.25, 0.3) is 0 Å². The summed E-state index contributed by atoms with van der Waals surface area (Å²) < 4.78 is 0. The molecule has 0 spiro atoms. The van der Waals surface area contributed by atoms with Crippen LogP contribution in [0.2, 0.25) is 0 Å². The minimum absolute atomic E-state index is 0.582. The molecule has 1 rings (SSSR count). The molecule has 0 aromatic heterocycles. The highest BCUT2D eigenvalue weighted by Gasteiger charge is 1.98. The molecule has 0 heterocycles. The number of aryl methyl sites for hydroxylation is 1. The van der Waals surface area contributed by atoms with E-state index < -0.39 is 0 Å². The molecule has 1 aromatic rings. The first-order valence-corrected chi connectivity index (χ1v) is 4.37. The average molecular weight is 168 g/mol. The molecule has 0 aliphatic carbocycles. The molecule has 0 N–H and O–H groups in total. The summed E-state index contributed by atoms with van der Waals surface area (Å²) in [4.78, 5) is 0. The van der Waals surface area contributed by atoms with Gasteiger partial charge in [-0.15, -0.1) is 0 Å². The molecule has 0 aliphatic heterocycles. The standard InChI is InChI=1S/C12H13B/c1-3-4-8-12-10(2)6-5-7-11(12)9-13/h3-8H,1,9H2,2H3/b8-4-. The van der Waals surface area contributed by atoms with Crippen molar-refractivity contribution in [2.75, 3.05) is 0 Å². The molecule has 1 heteroatoms. The van der Waals surface area contributed by atoms with E-state index in [1.54, 1.807) is 6.08 Å². The molecule has 0 nitrogen and oxygen atoms in total. The summed E-state index contributed by atoms with van der Waals surface area (Å²) >= 11 is 0. The average Bonchev–Trinajstić information content (AvgIpc) is 2.15. The van der Waals surface area contributed by atoms with Gasteiger partial charge in [0.05, 0.1) is 7.85 Å². The number of allylic oxidation sites excluding steroid dienone is 2. The number of rotatable bonds is 3. The van der Waals surface area contributed by atoms with Gasteiger partial charge in [-0.3, -0.25) is 0 Å². The van der Waals surface area contributed by atoms with E-state index in [1.807, 2.05) is 18.2 Å². The second kappa shape index (κ2) is 4.71. The maximum Gasteiger partial charge on any atom is 0.0716 e. The summed E-state index contributed by atoms with van der Waals surface area (Å²) in [5.41, 5.74) is 3.64. The lowest BCUT2D eigenvalue weighted by molar-refractivity contribution is 1.32. The lowest BCUT2D eigenvalue weighted by Crippen LogP contribution is -1.91. The van der Waals surface area contributed by atoms with Crippen LogP contribution in [0.15, 0.2) is 36.9 Å². The summed E-state index contributed by atoms with van der Waals surface area (Å²) in [5, 5.41) is 0. The van der Waals surface area contributed by atoms with Crippen molar-refractivity contribution in [2.24, 2.45) is 0 Å². The highest BCUT2D eigenvalue weighted by molar-refractivity contribution is 6.08. The topological polar surface area (TPSA) is 0 Å². The first-order chi connectivity index (χ1) is 6.29. The van der Waals surface area contributed by atoms with Gasteiger partial charge < -0.3 is 0 Å². The van der Waals surface area contributed by atoms with Crippen molar-refractivity contribution < 1.29 is 0 Å². The predicted molar refractivity (Wildman–Crippen MR) is 59.9 cm³/mol. The van der Waals surface area contributed by atoms with Crippen LogP contribution >= 0.6 is 0 Å². The Bertz CT molecular complexity index is 324. The third-order valence-corrected chi connectivity index (χ3v) is 2.03. The summed E-state index contributed by atoms with van der Waals surface area (Å²) in [7, 11) is 5.63. The fourth-order valence-electron chi connectivity index (χ4n) is 1.32. The second-order valence-electron chi connectivity index (χ2n) is 2.95. The fraction of sp³-hybridized carbons (Fsp3) is 0.167. The van der Waals surface area contributed by atoms with Gasteiger partial charge in [0.15, 0.2) is 0 Å². The third-order valence-electron chi connectivity index (χ3n) is 2.03. The largest absolute Gasteiger partial charge is 0.0991 e. The van der Waals surface area contributed by atoms with Crippen LogP contribution in [0.5, 0.6) is 0 Å². The van der Waals surface area contributed by atoms with E-state index in [0.717, 1.165) is 0 Å². The molecule has 1 aromatic carbocycles. The van der Waals surface area contributed by atoms with Gasteiger partial charge in [0.2, 0.25) is 0 Å². The minimum atomic E-state index is 0.582. The summed E-state index contributed by atoms with van der Waals surface area (Å²) in [6, 6.07) is 6.17. The van der Waals surface area contributed by atoms with Crippen LogP contribution < -0.4 is 0 Å². The molecule has 0 saturated carbocycles. The van der Waals surface area contributed by atoms with Gasteiger partial charge in [-0.1, -0.05) is 49.3 Å². The molecule has 2 radical (unpaired) electrons. The van der Waals surface area contributed by atoms with E-state index in [1.165, 1.54) is 16.7 Å².